The molecule has 0 aliphatic carbocycles. The molecule has 0 radical (unpaired) electrons. The first-order valence-electron chi connectivity index (χ1n) is 9.56. The Morgan fingerprint density at radius 1 is 1.20 bits per heavy atom. The van der Waals surface area contributed by atoms with E-state index in [2.05, 4.69) is 35.5 Å². The number of hydrogen-bond donors (Lipinski definition) is 3. The Morgan fingerprint density at radius 3 is 2.80 bits per heavy atom. The zero-order valence-electron chi connectivity index (χ0n) is 16.8. The highest BCUT2D eigenvalue weighted by Gasteiger charge is 2.10. The van der Waals surface area contributed by atoms with Crippen molar-refractivity contribution in [1.29, 1.82) is 0 Å². The van der Waals surface area contributed by atoms with E-state index >= 15 is 0 Å². The number of rotatable bonds is 8. The van der Waals surface area contributed by atoms with Crippen LogP contribution in [0.2, 0.25) is 0 Å². The van der Waals surface area contributed by atoms with E-state index in [-0.39, 0.29) is 5.75 Å². The number of aryl methyl sites for hydroxylation is 1. The standard InChI is InChI=1S/C21H24F2N6O/c1-3-24-21(26-12-17-9-14(2)7-8-18(17)30-20(22)23)25-11-15-5-4-6-16(10-15)19-27-13-28-29-19/h4-10,13,20H,3,11-12H2,1-2H3,(H2,24,25,26)(H,27,28,29). The predicted octanol–water partition coefficient (Wildman–Crippen LogP) is 3.64. The molecule has 158 valence electrons. The molecule has 0 saturated heterocycles. The molecule has 0 amide bonds. The van der Waals surface area contributed by atoms with Crippen LogP contribution < -0.4 is 15.4 Å². The van der Waals surface area contributed by atoms with Crippen molar-refractivity contribution in [2.45, 2.75) is 33.5 Å². The van der Waals surface area contributed by atoms with Crippen LogP contribution in [0.5, 0.6) is 5.75 Å². The summed E-state index contributed by atoms with van der Waals surface area (Å²) < 4.78 is 30.0. The topological polar surface area (TPSA) is 87.2 Å². The minimum absolute atomic E-state index is 0.152. The van der Waals surface area contributed by atoms with Gasteiger partial charge in [0, 0.05) is 24.2 Å². The van der Waals surface area contributed by atoms with E-state index in [1.54, 1.807) is 12.1 Å². The Hall–Kier alpha value is -3.49. The fourth-order valence-electron chi connectivity index (χ4n) is 2.91. The van der Waals surface area contributed by atoms with Gasteiger partial charge in [0.15, 0.2) is 11.8 Å². The highest BCUT2D eigenvalue weighted by molar-refractivity contribution is 5.79. The molecular formula is C21H24F2N6O. The minimum Gasteiger partial charge on any atom is -0.434 e. The zero-order valence-corrected chi connectivity index (χ0v) is 16.8. The summed E-state index contributed by atoms with van der Waals surface area (Å²) in [5.74, 6) is 1.42. The van der Waals surface area contributed by atoms with E-state index in [0.717, 1.165) is 16.7 Å². The molecule has 7 nitrogen and oxygen atoms in total. The molecule has 3 rings (SSSR count). The Morgan fingerprint density at radius 2 is 2.07 bits per heavy atom. The van der Waals surface area contributed by atoms with Gasteiger partial charge < -0.3 is 15.4 Å². The predicted molar refractivity (Wildman–Crippen MR) is 111 cm³/mol. The fourth-order valence-corrected chi connectivity index (χ4v) is 2.91. The van der Waals surface area contributed by atoms with Gasteiger partial charge in [0.05, 0.1) is 6.54 Å². The second-order valence-corrected chi connectivity index (χ2v) is 6.57. The SMILES string of the molecule is CCNC(=NCc1cccc(-c2ncn[nH]2)c1)NCc1cc(C)ccc1OC(F)F. The van der Waals surface area contributed by atoms with Crippen LogP contribution in [0.15, 0.2) is 53.8 Å². The maximum absolute atomic E-state index is 12.7. The fraction of sp³-hybridized carbons (Fsp3) is 0.286. The zero-order chi connectivity index (χ0) is 21.3. The molecule has 0 saturated carbocycles. The van der Waals surface area contributed by atoms with Gasteiger partial charge in [-0.15, -0.1) is 0 Å². The lowest BCUT2D eigenvalue weighted by molar-refractivity contribution is -0.0504. The molecular weight excluding hydrogens is 390 g/mol. The van der Waals surface area contributed by atoms with Crippen LogP contribution >= 0.6 is 0 Å². The van der Waals surface area contributed by atoms with E-state index in [1.807, 2.05) is 44.2 Å². The van der Waals surface area contributed by atoms with E-state index < -0.39 is 6.61 Å². The summed E-state index contributed by atoms with van der Waals surface area (Å²) in [5.41, 5.74) is 3.51. The van der Waals surface area contributed by atoms with Crippen LogP contribution in [0.25, 0.3) is 11.4 Å². The van der Waals surface area contributed by atoms with E-state index in [0.29, 0.717) is 37.0 Å². The molecule has 0 aliphatic rings. The highest BCUT2D eigenvalue weighted by atomic mass is 19.3. The summed E-state index contributed by atoms with van der Waals surface area (Å²) in [6.45, 7) is 2.39. The average molecular weight is 414 g/mol. The summed E-state index contributed by atoms with van der Waals surface area (Å²) in [6.07, 6.45) is 1.46. The second-order valence-electron chi connectivity index (χ2n) is 6.57. The van der Waals surface area contributed by atoms with Gasteiger partial charge >= 0.3 is 6.61 Å². The number of H-pyrrole nitrogens is 1. The van der Waals surface area contributed by atoms with E-state index in [1.165, 1.54) is 6.33 Å². The van der Waals surface area contributed by atoms with Crippen molar-refractivity contribution in [2.75, 3.05) is 6.54 Å². The maximum atomic E-state index is 12.7. The van der Waals surface area contributed by atoms with Crippen LogP contribution in [-0.2, 0) is 13.1 Å². The number of nitrogens with zero attached hydrogens (tertiary/aromatic N) is 3. The number of aromatic nitrogens is 3. The molecule has 3 N–H and O–H groups in total. The number of hydrogen-bond acceptors (Lipinski definition) is 4. The lowest BCUT2D eigenvalue weighted by atomic mass is 10.1. The molecule has 0 aliphatic heterocycles. The summed E-state index contributed by atoms with van der Waals surface area (Å²) in [4.78, 5) is 8.75. The quantitative estimate of drug-likeness (QED) is 0.387. The Bertz CT molecular complexity index is 975. The average Bonchev–Trinajstić information content (AvgIpc) is 3.27. The molecule has 0 atom stereocenters. The van der Waals surface area contributed by atoms with Crippen molar-refractivity contribution in [3.63, 3.8) is 0 Å². The Kier molecular flexibility index (Phi) is 7.31. The number of guanidine groups is 1. The first-order valence-corrected chi connectivity index (χ1v) is 9.56. The third-order valence-electron chi connectivity index (χ3n) is 4.26. The smallest absolute Gasteiger partial charge is 0.387 e. The van der Waals surface area contributed by atoms with Gasteiger partial charge in [0.1, 0.15) is 12.1 Å². The van der Waals surface area contributed by atoms with Gasteiger partial charge in [-0.3, -0.25) is 5.10 Å². The van der Waals surface area contributed by atoms with Crippen LogP contribution in [0.3, 0.4) is 0 Å². The summed E-state index contributed by atoms with van der Waals surface area (Å²) in [6, 6.07) is 12.9. The molecule has 0 unspecified atom stereocenters. The molecule has 1 aromatic heterocycles. The highest BCUT2D eigenvalue weighted by Crippen LogP contribution is 2.22. The molecule has 3 aromatic rings. The first kappa shape index (κ1) is 21.2. The molecule has 1 heterocycles. The normalized spacial score (nSPS) is 11.6. The Labute approximate surface area is 173 Å². The van der Waals surface area contributed by atoms with E-state index in [9.17, 15) is 8.78 Å². The molecule has 30 heavy (non-hydrogen) atoms. The van der Waals surface area contributed by atoms with Gasteiger partial charge in [-0.2, -0.15) is 13.9 Å². The Balaban J connectivity index is 1.70. The monoisotopic (exact) mass is 414 g/mol. The van der Waals surface area contributed by atoms with Crippen molar-refractivity contribution < 1.29 is 13.5 Å². The molecule has 0 fully saturated rings. The number of ether oxygens (including phenoxy) is 1. The van der Waals surface area contributed by atoms with Crippen LogP contribution in [0, 0.1) is 6.92 Å². The molecule has 2 aromatic carbocycles. The van der Waals surface area contributed by atoms with Gasteiger partial charge in [0.25, 0.3) is 0 Å². The van der Waals surface area contributed by atoms with Crippen LogP contribution in [-0.4, -0.2) is 34.3 Å². The van der Waals surface area contributed by atoms with Gasteiger partial charge in [-0.1, -0.05) is 35.9 Å². The van der Waals surface area contributed by atoms with Crippen molar-refractivity contribution >= 4 is 5.96 Å². The molecule has 0 spiro atoms. The lowest BCUT2D eigenvalue weighted by Gasteiger charge is -2.15. The summed E-state index contributed by atoms with van der Waals surface area (Å²) in [7, 11) is 0. The first-order chi connectivity index (χ1) is 14.5. The lowest BCUT2D eigenvalue weighted by Crippen LogP contribution is -2.36. The number of benzene rings is 2. The minimum atomic E-state index is -2.87. The molecule has 9 heteroatoms. The van der Waals surface area contributed by atoms with E-state index in [4.69, 9.17) is 0 Å². The summed E-state index contributed by atoms with van der Waals surface area (Å²) >= 11 is 0. The van der Waals surface area contributed by atoms with Crippen LogP contribution in [0.4, 0.5) is 8.78 Å². The van der Waals surface area contributed by atoms with Crippen molar-refractivity contribution in [3.05, 3.63) is 65.5 Å². The second kappa shape index (κ2) is 10.3. The van der Waals surface area contributed by atoms with Gasteiger partial charge in [0.2, 0.25) is 0 Å². The van der Waals surface area contributed by atoms with Crippen LogP contribution in [0.1, 0.15) is 23.6 Å². The van der Waals surface area contributed by atoms with Gasteiger partial charge in [-0.05, 0) is 31.5 Å². The van der Waals surface area contributed by atoms with Crippen molar-refractivity contribution in [2.24, 2.45) is 4.99 Å². The number of alkyl halides is 2. The third kappa shape index (κ3) is 6.00. The number of aromatic amines is 1. The third-order valence-corrected chi connectivity index (χ3v) is 4.26. The molecule has 0 bridgehead atoms. The number of halogens is 2. The largest absolute Gasteiger partial charge is 0.434 e. The summed E-state index contributed by atoms with van der Waals surface area (Å²) in [5, 5.41) is 13.0. The number of aliphatic imine (C=N–C) groups is 1. The number of nitrogens with one attached hydrogen (secondary N) is 3. The van der Waals surface area contributed by atoms with Crippen molar-refractivity contribution in [3.8, 4) is 17.1 Å². The maximum Gasteiger partial charge on any atom is 0.387 e. The van der Waals surface area contributed by atoms with Crippen molar-refractivity contribution in [1.82, 2.24) is 25.8 Å². The van der Waals surface area contributed by atoms with Gasteiger partial charge in [-0.25, -0.2) is 9.98 Å².